The standard InChI is InChI=1S/C12H8F3N7O/c13-12(14,15)11-22-21-10(23-11)6-2-1-3-7(4-6)19-20-8(5-16)9(17)18/h1-4,19H,(H3,17,18)/b20-8+. The molecule has 2 rings (SSSR count). The summed E-state index contributed by atoms with van der Waals surface area (Å²) in [6.07, 6.45) is -4.73. The van der Waals surface area contributed by atoms with Crippen molar-refractivity contribution in [2.75, 3.05) is 5.43 Å². The third-order valence-corrected chi connectivity index (χ3v) is 2.43. The predicted octanol–water partition coefficient (Wildman–Crippen LogP) is 1.98. The maximum Gasteiger partial charge on any atom is 0.470 e. The molecule has 0 aliphatic heterocycles. The fourth-order valence-corrected chi connectivity index (χ4v) is 1.44. The number of nitrogens with zero attached hydrogens (tertiary/aromatic N) is 4. The summed E-state index contributed by atoms with van der Waals surface area (Å²) in [6, 6.07) is 7.48. The second kappa shape index (κ2) is 6.14. The van der Waals surface area contributed by atoms with Crippen molar-refractivity contribution >= 4 is 17.2 Å². The van der Waals surface area contributed by atoms with E-state index in [4.69, 9.17) is 16.4 Å². The number of nitrogens with two attached hydrogens (primary N) is 1. The number of benzene rings is 1. The summed E-state index contributed by atoms with van der Waals surface area (Å²) in [6.45, 7) is 0. The Morgan fingerprint density at radius 2 is 2.13 bits per heavy atom. The number of anilines is 1. The fraction of sp³-hybridized carbons (Fsp3) is 0.0833. The summed E-state index contributed by atoms with van der Waals surface area (Å²) < 4.78 is 41.9. The molecular formula is C12H8F3N7O. The minimum Gasteiger partial charge on any atom is -0.413 e. The summed E-state index contributed by atoms with van der Waals surface area (Å²) in [5.74, 6) is -2.30. The number of amidine groups is 1. The summed E-state index contributed by atoms with van der Waals surface area (Å²) in [5, 5.41) is 25.7. The molecule has 4 N–H and O–H groups in total. The zero-order chi connectivity index (χ0) is 17.0. The summed E-state index contributed by atoms with van der Waals surface area (Å²) in [4.78, 5) is 0. The van der Waals surface area contributed by atoms with Gasteiger partial charge >= 0.3 is 12.1 Å². The molecular weight excluding hydrogens is 315 g/mol. The van der Waals surface area contributed by atoms with Crippen LogP contribution in [0.4, 0.5) is 18.9 Å². The van der Waals surface area contributed by atoms with Crippen molar-refractivity contribution in [2.45, 2.75) is 6.18 Å². The van der Waals surface area contributed by atoms with E-state index in [9.17, 15) is 13.2 Å². The Kier molecular flexibility index (Phi) is 4.26. The molecule has 0 fully saturated rings. The highest BCUT2D eigenvalue weighted by molar-refractivity contribution is 6.45. The predicted molar refractivity (Wildman–Crippen MR) is 73.3 cm³/mol. The molecule has 0 atom stereocenters. The first kappa shape index (κ1) is 16.0. The lowest BCUT2D eigenvalue weighted by atomic mass is 10.2. The monoisotopic (exact) mass is 323 g/mol. The average Bonchev–Trinajstić information content (AvgIpc) is 2.98. The normalized spacial score (nSPS) is 11.8. The Labute approximate surface area is 126 Å². The molecule has 0 radical (unpaired) electrons. The molecule has 8 nitrogen and oxygen atoms in total. The highest BCUT2D eigenvalue weighted by Crippen LogP contribution is 2.30. The average molecular weight is 323 g/mol. The van der Waals surface area contributed by atoms with Gasteiger partial charge in [-0.1, -0.05) is 6.07 Å². The number of halogens is 3. The van der Waals surface area contributed by atoms with Gasteiger partial charge in [0.15, 0.2) is 5.84 Å². The molecule has 0 aliphatic rings. The largest absolute Gasteiger partial charge is 0.470 e. The van der Waals surface area contributed by atoms with Gasteiger partial charge in [-0.2, -0.15) is 23.5 Å². The van der Waals surface area contributed by atoms with E-state index < -0.39 is 17.9 Å². The van der Waals surface area contributed by atoms with E-state index in [0.29, 0.717) is 5.69 Å². The molecule has 0 spiro atoms. The number of alkyl halides is 3. The minimum absolute atomic E-state index is 0.217. The van der Waals surface area contributed by atoms with Gasteiger partial charge in [-0.3, -0.25) is 10.8 Å². The van der Waals surface area contributed by atoms with Crippen LogP contribution < -0.4 is 11.2 Å². The first-order valence-corrected chi connectivity index (χ1v) is 5.90. The van der Waals surface area contributed by atoms with Gasteiger partial charge < -0.3 is 10.2 Å². The van der Waals surface area contributed by atoms with E-state index in [2.05, 4.69) is 25.1 Å². The molecule has 1 aromatic carbocycles. The highest BCUT2D eigenvalue weighted by Gasteiger charge is 2.38. The second-order valence-corrected chi connectivity index (χ2v) is 4.09. The minimum atomic E-state index is -4.73. The second-order valence-electron chi connectivity index (χ2n) is 4.09. The van der Waals surface area contributed by atoms with Crippen molar-refractivity contribution in [1.82, 2.24) is 10.2 Å². The van der Waals surface area contributed by atoms with E-state index in [1.807, 2.05) is 0 Å². The molecule has 0 saturated heterocycles. The third kappa shape index (κ3) is 3.82. The van der Waals surface area contributed by atoms with E-state index in [0.717, 1.165) is 0 Å². The van der Waals surface area contributed by atoms with Crippen molar-refractivity contribution in [1.29, 1.82) is 10.7 Å². The molecule has 0 aliphatic carbocycles. The summed E-state index contributed by atoms with van der Waals surface area (Å²) in [5.41, 5.74) is 7.78. The van der Waals surface area contributed by atoms with Gasteiger partial charge in [-0.05, 0) is 18.2 Å². The van der Waals surface area contributed by atoms with E-state index in [1.54, 1.807) is 6.07 Å². The molecule has 2 aromatic rings. The van der Waals surface area contributed by atoms with Gasteiger partial charge in [-0.25, -0.2) is 0 Å². The lowest BCUT2D eigenvalue weighted by molar-refractivity contribution is -0.156. The van der Waals surface area contributed by atoms with Crippen molar-refractivity contribution in [3.05, 3.63) is 30.2 Å². The first-order valence-electron chi connectivity index (χ1n) is 5.90. The Bertz CT molecular complexity index is 803. The SMILES string of the molecule is N#C/C(=N\Nc1cccc(-c2nnc(C(F)(F)F)o2)c1)C(=N)N. The van der Waals surface area contributed by atoms with Crippen LogP contribution in [0.2, 0.25) is 0 Å². The van der Waals surface area contributed by atoms with Crippen LogP contribution >= 0.6 is 0 Å². The Hall–Kier alpha value is -3.42. The van der Waals surface area contributed by atoms with Crippen LogP contribution in [-0.2, 0) is 6.18 Å². The molecule has 0 saturated carbocycles. The lowest BCUT2D eigenvalue weighted by Gasteiger charge is -2.02. The Morgan fingerprint density at radius 1 is 1.39 bits per heavy atom. The van der Waals surface area contributed by atoms with E-state index >= 15 is 0 Å². The van der Waals surface area contributed by atoms with Gasteiger partial charge in [0.25, 0.3) is 0 Å². The van der Waals surface area contributed by atoms with E-state index in [-0.39, 0.29) is 17.2 Å². The van der Waals surface area contributed by atoms with Crippen LogP contribution in [0.5, 0.6) is 0 Å². The number of aromatic nitrogens is 2. The smallest absolute Gasteiger partial charge is 0.413 e. The van der Waals surface area contributed by atoms with Crippen molar-refractivity contribution in [3.63, 3.8) is 0 Å². The molecule has 0 bridgehead atoms. The molecule has 11 heteroatoms. The molecule has 118 valence electrons. The zero-order valence-corrected chi connectivity index (χ0v) is 11.2. The fourth-order valence-electron chi connectivity index (χ4n) is 1.44. The summed E-state index contributed by atoms with van der Waals surface area (Å²) in [7, 11) is 0. The quantitative estimate of drug-likeness (QED) is 0.447. The van der Waals surface area contributed by atoms with Gasteiger partial charge in [0.1, 0.15) is 6.07 Å². The van der Waals surface area contributed by atoms with Crippen molar-refractivity contribution in [3.8, 4) is 17.5 Å². The highest BCUT2D eigenvalue weighted by atomic mass is 19.4. The maximum atomic E-state index is 12.4. The molecule has 0 unspecified atom stereocenters. The lowest BCUT2D eigenvalue weighted by Crippen LogP contribution is -2.21. The van der Waals surface area contributed by atoms with Gasteiger partial charge in [0.05, 0.1) is 5.69 Å². The van der Waals surface area contributed by atoms with Crippen molar-refractivity contribution in [2.24, 2.45) is 10.8 Å². The number of nitriles is 1. The van der Waals surface area contributed by atoms with Gasteiger partial charge in [0.2, 0.25) is 11.6 Å². The third-order valence-electron chi connectivity index (χ3n) is 2.43. The molecule has 1 heterocycles. The van der Waals surface area contributed by atoms with Gasteiger partial charge in [0, 0.05) is 5.56 Å². The van der Waals surface area contributed by atoms with Crippen molar-refractivity contribution < 1.29 is 17.6 Å². The van der Waals surface area contributed by atoms with Gasteiger partial charge in [-0.15, -0.1) is 10.2 Å². The number of hydrogen-bond acceptors (Lipinski definition) is 7. The molecule has 23 heavy (non-hydrogen) atoms. The Morgan fingerprint density at radius 3 is 2.70 bits per heavy atom. The van der Waals surface area contributed by atoms with Crippen LogP contribution in [0.25, 0.3) is 11.5 Å². The Balaban J connectivity index is 2.25. The number of hydrazone groups is 1. The van der Waals surface area contributed by atoms with Crippen LogP contribution in [0.1, 0.15) is 5.89 Å². The first-order chi connectivity index (χ1) is 10.8. The summed E-state index contributed by atoms with van der Waals surface area (Å²) >= 11 is 0. The number of nitrogens with one attached hydrogen (secondary N) is 2. The van der Waals surface area contributed by atoms with Crippen LogP contribution in [0, 0.1) is 16.7 Å². The molecule has 1 aromatic heterocycles. The zero-order valence-electron chi connectivity index (χ0n) is 11.2. The van der Waals surface area contributed by atoms with Crippen LogP contribution in [0.15, 0.2) is 33.8 Å². The van der Waals surface area contributed by atoms with E-state index in [1.165, 1.54) is 24.3 Å². The molecule has 0 amide bonds. The van der Waals surface area contributed by atoms with Crippen LogP contribution in [-0.4, -0.2) is 21.7 Å². The number of hydrogen-bond donors (Lipinski definition) is 3. The topological polar surface area (TPSA) is 137 Å². The number of rotatable bonds is 4. The van der Waals surface area contributed by atoms with Crippen LogP contribution in [0.3, 0.4) is 0 Å². The maximum absolute atomic E-state index is 12.4.